The second kappa shape index (κ2) is 3.12. The van der Waals surface area contributed by atoms with E-state index in [1.54, 1.807) is 0 Å². The fourth-order valence-corrected chi connectivity index (χ4v) is 3.00. The third-order valence-electron chi connectivity index (χ3n) is 3.89. The Labute approximate surface area is 87.8 Å². The second-order valence-electron chi connectivity index (χ2n) is 4.94. The minimum atomic E-state index is -2.70. The van der Waals surface area contributed by atoms with Crippen molar-refractivity contribution >= 4 is 0 Å². The molecule has 1 spiro atoms. The molecular formula is C10H16F2N2O. The molecule has 4 saturated heterocycles. The summed E-state index contributed by atoms with van der Waals surface area (Å²) in [6.07, 6.45) is 2.14. The van der Waals surface area contributed by atoms with E-state index in [2.05, 4.69) is 10.2 Å². The summed E-state index contributed by atoms with van der Waals surface area (Å²) in [5, 5.41) is 2.94. The lowest BCUT2D eigenvalue weighted by molar-refractivity contribution is -0.243. The number of piperidine rings is 3. The first-order chi connectivity index (χ1) is 7.10. The van der Waals surface area contributed by atoms with Gasteiger partial charge in [-0.1, -0.05) is 0 Å². The Morgan fingerprint density at radius 1 is 1.27 bits per heavy atom. The predicted molar refractivity (Wildman–Crippen MR) is 50.8 cm³/mol. The van der Waals surface area contributed by atoms with Crippen molar-refractivity contribution in [3.63, 3.8) is 0 Å². The van der Waals surface area contributed by atoms with Crippen molar-refractivity contribution < 1.29 is 13.5 Å². The highest BCUT2D eigenvalue weighted by Crippen LogP contribution is 2.39. The highest BCUT2D eigenvalue weighted by atomic mass is 19.3. The summed E-state index contributed by atoms with van der Waals surface area (Å²) >= 11 is 0. The van der Waals surface area contributed by atoms with Crippen LogP contribution in [0.1, 0.15) is 12.8 Å². The largest absolute Gasteiger partial charge is 0.353 e. The highest BCUT2D eigenvalue weighted by Gasteiger charge is 2.52. The quantitative estimate of drug-likeness (QED) is 0.646. The van der Waals surface area contributed by atoms with E-state index in [0.29, 0.717) is 5.92 Å². The first-order valence-electron chi connectivity index (χ1n) is 5.59. The van der Waals surface area contributed by atoms with E-state index >= 15 is 0 Å². The zero-order chi connectivity index (χ0) is 10.5. The molecular weight excluding hydrogens is 202 g/mol. The number of halogens is 2. The normalized spacial score (nSPS) is 48.4. The fourth-order valence-electron chi connectivity index (χ4n) is 3.00. The van der Waals surface area contributed by atoms with Crippen molar-refractivity contribution in [2.45, 2.75) is 24.5 Å². The lowest BCUT2D eigenvalue weighted by Gasteiger charge is -2.55. The first kappa shape index (κ1) is 9.93. The van der Waals surface area contributed by atoms with Gasteiger partial charge in [-0.2, -0.15) is 0 Å². The second-order valence-corrected chi connectivity index (χ2v) is 4.94. The molecule has 0 radical (unpaired) electrons. The van der Waals surface area contributed by atoms with Gasteiger partial charge in [0.15, 0.2) is 0 Å². The van der Waals surface area contributed by atoms with Gasteiger partial charge < -0.3 is 4.74 Å². The number of nitrogens with one attached hydrogen (secondary N) is 1. The Balaban J connectivity index is 1.76. The van der Waals surface area contributed by atoms with Gasteiger partial charge in [0.2, 0.25) is 0 Å². The van der Waals surface area contributed by atoms with E-state index in [-0.39, 0.29) is 6.54 Å². The Bertz CT molecular complexity index is 254. The molecule has 1 unspecified atom stereocenters. The van der Waals surface area contributed by atoms with Crippen LogP contribution in [0.2, 0.25) is 0 Å². The van der Waals surface area contributed by atoms with Crippen LogP contribution in [0.5, 0.6) is 0 Å². The van der Waals surface area contributed by atoms with E-state index in [0.717, 1.165) is 32.5 Å². The standard InChI is InChI=1S/C10H16F2N2O/c11-9(12)5-13-10(15-7-9)6-14-3-1-8(10)2-4-14/h8,13H,1-7H2. The lowest BCUT2D eigenvalue weighted by atomic mass is 9.80. The van der Waals surface area contributed by atoms with Gasteiger partial charge in [0.1, 0.15) is 12.3 Å². The zero-order valence-corrected chi connectivity index (χ0v) is 8.64. The van der Waals surface area contributed by atoms with E-state index in [1.165, 1.54) is 0 Å². The van der Waals surface area contributed by atoms with Crippen molar-refractivity contribution in [2.75, 3.05) is 32.8 Å². The van der Waals surface area contributed by atoms with Crippen LogP contribution in [0.25, 0.3) is 0 Å². The number of nitrogens with zero attached hydrogens (tertiary/aromatic N) is 1. The first-order valence-corrected chi connectivity index (χ1v) is 5.59. The minimum Gasteiger partial charge on any atom is -0.353 e. The third kappa shape index (κ3) is 1.57. The molecule has 1 N–H and O–H groups in total. The molecule has 0 amide bonds. The number of fused-ring (bicyclic) bond motifs is 2. The van der Waals surface area contributed by atoms with Gasteiger partial charge in [0.05, 0.1) is 6.54 Å². The van der Waals surface area contributed by atoms with Crippen LogP contribution in [-0.4, -0.2) is 49.3 Å². The molecule has 4 heterocycles. The molecule has 5 heteroatoms. The number of rotatable bonds is 0. The van der Waals surface area contributed by atoms with Gasteiger partial charge in [-0.3, -0.25) is 10.2 Å². The maximum atomic E-state index is 13.0. The summed E-state index contributed by atoms with van der Waals surface area (Å²) in [6.45, 7) is 2.29. The summed E-state index contributed by atoms with van der Waals surface area (Å²) in [5.74, 6) is -2.28. The Morgan fingerprint density at radius 3 is 2.47 bits per heavy atom. The molecule has 0 saturated carbocycles. The molecule has 0 aromatic rings. The molecule has 0 aliphatic carbocycles. The molecule has 86 valence electrons. The monoisotopic (exact) mass is 218 g/mol. The Kier molecular flexibility index (Phi) is 2.06. The van der Waals surface area contributed by atoms with Crippen LogP contribution in [-0.2, 0) is 4.74 Å². The lowest BCUT2D eigenvalue weighted by Crippen LogP contribution is -2.71. The van der Waals surface area contributed by atoms with Crippen molar-refractivity contribution in [1.82, 2.24) is 10.2 Å². The predicted octanol–water partition coefficient (Wildman–Crippen LogP) is 0.663. The third-order valence-corrected chi connectivity index (χ3v) is 3.89. The van der Waals surface area contributed by atoms with Gasteiger partial charge in [0, 0.05) is 12.5 Å². The Hall–Kier alpha value is -0.260. The SMILES string of the molecule is FC1(F)CNC2(CN3CCC2CC3)OC1. The van der Waals surface area contributed by atoms with Gasteiger partial charge >= 0.3 is 0 Å². The van der Waals surface area contributed by atoms with Crippen LogP contribution < -0.4 is 5.32 Å². The van der Waals surface area contributed by atoms with Crippen molar-refractivity contribution in [1.29, 1.82) is 0 Å². The number of ether oxygens (including phenoxy) is 1. The maximum absolute atomic E-state index is 13.0. The van der Waals surface area contributed by atoms with Crippen LogP contribution in [0.15, 0.2) is 0 Å². The van der Waals surface area contributed by atoms with Crippen LogP contribution in [0.3, 0.4) is 0 Å². The molecule has 4 rings (SSSR count). The molecule has 4 aliphatic rings. The molecule has 2 bridgehead atoms. The average Bonchev–Trinajstić information content (AvgIpc) is 2.25. The van der Waals surface area contributed by atoms with Crippen molar-refractivity contribution in [3.8, 4) is 0 Å². The number of hydrogen-bond acceptors (Lipinski definition) is 3. The van der Waals surface area contributed by atoms with E-state index in [9.17, 15) is 8.78 Å². The molecule has 1 atom stereocenters. The van der Waals surface area contributed by atoms with Gasteiger partial charge in [-0.05, 0) is 25.9 Å². The van der Waals surface area contributed by atoms with Crippen LogP contribution in [0.4, 0.5) is 8.78 Å². The minimum absolute atomic E-state index is 0.239. The van der Waals surface area contributed by atoms with Crippen molar-refractivity contribution in [2.24, 2.45) is 5.92 Å². The van der Waals surface area contributed by atoms with E-state index < -0.39 is 18.3 Å². The summed E-state index contributed by atoms with van der Waals surface area (Å²) < 4.78 is 31.4. The molecule has 3 nitrogen and oxygen atoms in total. The van der Waals surface area contributed by atoms with Gasteiger partial charge in [-0.15, -0.1) is 0 Å². The van der Waals surface area contributed by atoms with Crippen molar-refractivity contribution in [3.05, 3.63) is 0 Å². The van der Waals surface area contributed by atoms with Gasteiger partial charge in [0.25, 0.3) is 5.92 Å². The molecule has 15 heavy (non-hydrogen) atoms. The van der Waals surface area contributed by atoms with Crippen LogP contribution in [0, 0.1) is 5.92 Å². The summed E-state index contributed by atoms with van der Waals surface area (Å²) in [6, 6.07) is 0. The summed E-state index contributed by atoms with van der Waals surface area (Å²) in [7, 11) is 0. The van der Waals surface area contributed by atoms with E-state index in [4.69, 9.17) is 4.74 Å². The highest BCUT2D eigenvalue weighted by molar-refractivity contribution is 5.01. The van der Waals surface area contributed by atoms with Gasteiger partial charge in [-0.25, -0.2) is 8.78 Å². The molecule has 4 aliphatic heterocycles. The zero-order valence-electron chi connectivity index (χ0n) is 8.64. The average molecular weight is 218 g/mol. The van der Waals surface area contributed by atoms with Crippen LogP contribution >= 0.6 is 0 Å². The summed E-state index contributed by atoms with van der Waals surface area (Å²) in [5.41, 5.74) is -0.474. The smallest absolute Gasteiger partial charge is 0.283 e. The molecule has 0 aromatic carbocycles. The molecule has 0 aromatic heterocycles. The maximum Gasteiger partial charge on any atom is 0.283 e. The summed E-state index contributed by atoms with van der Waals surface area (Å²) in [4.78, 5) is 2.30. The van der Waals surface area contributed by atoms with E-state index in [1.807, 2.05) is 0 Å². The number of hydrogen-bond donors (Lipinski definition) is 1. The topological polar surface area (TPSA) is 24.5 Å². The Morgan fingerprint density at radius 2 is 2.00 bits per heavy atom. The fraction of sp³-hybridized carbons (Fsp3) is 1.00. The number of alkyl halides is 2. The molecule has 4 fully saturated rings.